The molecule has 0 saturated heterocycles. The molecular formula is C18H12F2IN5O3S. The van der Waals surface area contributed by atoms with Crippen molar-refractivity contribution in [2.24, 2.45) is 0 Å². The second-order valence-corrected chi connectivity index (χ2v) is 8.81. The lowest BCUT2D eigenvalue weighted by molar-refractivity contribution is 0.386. The molecule has 0 atom stereocenters. The number of sulfonamides is 1. The predicted molar refractivity (Wildman–Crippen MR) is 113 cm³/mol. The summed E-state index contributed by atoms with van der Waals surface area (Å²) in [6.45, 7) is 0. The van der Waals surface area contributed by atoms with Crippen LogP contribution in [0, 0.1) is 15.3 Å². The van der Waals surface area contributed by atoms with Crippen LogP contribution >= 0.6 is 22.6 Å². The summed E-state index contributed by atoms with van der Waals surface area (Å²) < 4.78 is 64.5. The van der Waals surface area contributed by atoms with E-state index in [1.165, 1.54) is 41.0 Å². The van der Waals surface area contributed by atoms with Gasteiger partial charge in [-0.3, -0.25) is 4.72 Å². The van der Waals surface area contributed by atoms with Crippen molar-refractivity contribution in [2.75, 3.05) is 11.8 Å². The zero-order chi connectivity index (χ0) is 21.5. The number of halogens is 3. The van der Waals surface area contributed by atoms with E-state index < -0.39 is 38.9 Å². The number of fused-ring (bicyclic) bond motifs is 1. The summed E-state index contributed by atoms with van der Waals surface area (Å²) >= 11 is 1.99. The topological polar surface area (TPSA) is 98.5 Å². The lowest BCUT2D eigenvalue weighted by Gasteiger charge is -2.15. The van der Waals surface area contributed by atoms with Gasteiger partial charge in [0.2, 0.25) is 11.8 Å². The fourth-order valence-corrected chi connectivity index (χ4v) is 4.31. The van der Waals surface area contributed by atoms with E-state index in [1.54, 1.807) is 12.3 Å². The average Bonchev–Trinajstić information content (AvgIpc) is 3.11. The maximum Gasteiger partial charge on any atom is 0.262 e. The molecule has 0 amide bonds. The summed E-state index contributed by atoms with van der Waals surface area (Å²) in [5.41, 5.74) is -0.913. The van der Waals surface area contributed by atoms with Crippen molar-refractivity contribution in [2.45, 2.75) is 4.90 Å². The van der Waals surface area contributed by atoms with Crippen LogP contribution in [0.4, 0.5) is 14.5 Å². The van der Waals surface area contributed by atoms with Crippen LogP contribution in [-0.4, -0.2) is 35.1 Å². The van der Waals surface area contributed by atoms with Crippen LogP contribution < -0.4 is 9.46 Å². The highest BCUT2D eigenvalue weighted by atomic mass is 127. The van der Waals surface area contributed by atoms with E-state index in [9.17, 15) is 12.8 Å². The molecule has 0 aliphatic carbocycles. The molecule has 154 valence electrons. The van der Waals surface area contributed by atoms with E-state index >= 15 is 4.39 Å². The normalized spacial score (nSPS) is 11.6. The molecule has 1 N–H and O–H groups in total. The molecule has 8 nitrogen and oxygen atoms in total. The fourth-order valence-electron chi connectivity index (χ4n) is 2.74. The number of benzene rings is 1. The Bertz CT molecular complexity index is 1360. The van der Waals surface area contributed by atoms with E-state index in [-0.39, 0.29) is 10.6 Å². The van der Waals surface area contributed by atoms with Gasteiger partial charge in [0.15, 0.2) is 11.5 Å². The maximum absolute atomic E-state index is 15.4. The number of rotatable bonds is 5. The Balaban J connectivity index is 1.88. The van der Waals surface area contributed by atoms with Gasteiger partial charge in [-0.15, -0.1) is 0 Å². The van der Waals surface area contributed by atoms with Crippen molar-refractivity contribution in [3.63, 3.8) is 0 Å². The van der Waals surface area contributed by atoms with Crippen LogP contribution in [0.1, 0.15) is 0 Å². The molecule has 30 heavy (non-hydrogen) atoms. The first-order valence-corrected chi connectivity index (χ1v) is 10.9. The van der Waals surface area contributed by atoms with Gasteiger partial charge >= 0.3 is 0 Å². The Kier molecular flexibility index (Phi) is 5.27. The molecule has 3 aromatic heterocycles. The molecule has 12 heteroatoms. The van der Waals surface area contributed by atoms with Gasteiger partial charge in [-0.2, -0.15) is 14.5 Å². The molecule has 0 spiro atoms. The summed E-state index contributed by atoms with van der Waals surface area (Å²) in [5, 5.41) is 4.06. The lowest BCUT2D eigenvalue weighted by atomic mass is 10.1. The van der Waals surface area contributed by atoms with Crippen molar-refractivity contribution in [1.82, 2.24) is 19.6 Å². The summed E-state index contributed by atoms with van der Waals surface area (Å²) in [5.74, 6) is -2.95. The van der Waals surface area contributed by atoms with Crippen molar-refractivity contribution in [3.05, 3.63) is 64.1 Å². The molecule has 0 unspecified atom stereocenters. The monoisotopic (exact) mass is 543 g/mol. The third-order valence-corrected chi connectivity index (χ3v) is 6.25. The van der Waals surface area contributed by atoms with Gasteiger partial charge in [-0.05, 0) is 40.8 Å². The number of nitrogens with zero attached hydrogens (tertiary/aromatic N) is 4. The molecule has 0 aliphatic rings. The lowest BCUT2D eigenvalue weighted by Crippen LogP contribution is -2.16. The van der Waals surface area contributed by atoms with Crippen LogP contribution in [0.2, 0.25) is 0 Å². The highest BCUT2D eigenvalue weighted by Crippen LogP contribution is 2.36. The average molecular weight is 543 g/mol. The minimum atomic E-state index is -4.18. The summed E-state index contributed by atoms with van der Waals surface area (Å²) in [6.07, 6.45) is 3.03. The summed E-state index contributed by atoms with van der Waals surface area (Å²) in [4.78, 5) is 7.70. The molecule has 4 rings (SSSR count). The largest absolute Gasteiger partial charge is 0.479 e. The van der Waals surface area contributed by atoms with Crippen LogP contribution in [0.25, 0.3) is 16.9 Å². The number of anilines is 1. The number of pyridine rings is 1. The highest BCUT2D eigenvalue weighted by molar-refractivity contribution is 14.1. The number of ether oxygens (including phenoxy) is 1. The van der Waals surface area contributed by atoms with Gasteiger partial charge in [-0.25, -0.2) is 22.3 Å². The number of methoxy groups -OCH3 is 1. The van der Waals surface area contributed by atoms with Crippen LogP contribution in [-0.2, 0) is 10.0 Å². The fraction of sp³-hybridized carbons (Fsp3) is 0.0556. The van der Waals surface area contributed by atoms with Crippen LogP contribution in [0.5, 0.6) is 5.88 Å². The molecule has 1 aromatic carbocycles. The Morgan fingerprint density at radius 3 is 2.57 bits per heavy atom. The smallest absolute Gasteiger partial charge is 0.262 e. The third-order valence-electron chi connectivity index (χ3n) is 4.12. The minimum Gasteiger partial charge on any atom is -0.479 e. The first kappa shape index (κ1) is 20.4. The Hall–Kier alpha value is -2.87. The second-order valence-electron chi connectivity index (χ2n) is 5.97. The zero-order valence-corrected chi connectivity index (χ0v) is 18.1. The molecule has 0 bridgehead atoms. The first-order valence-electron chi connectivity index (χ1n) is 8.33. The molecule has 0 saturated carbocycles. The minimum absolute atomic E-state index is 0.0776. The number of hydrogen-bond acceptors (Lipinski definition) is 6. The van der Waals surface area contributed by atoms with E-state index in [4.69, 9.17) is 4.74 Å². The van der Waals surface area contributed by atoms with E-state index in [2.05, 4.69) is 19.8 Å². The molecule has 4 aromatic rings. The number of nitrogens with one attached hydrogen (secondary N) is 1. The predicted octanol–water partition coefficient (Wildman–Crippen LogP) is 3.48. The Labute approximate surface area is 183 Å². The molecule has 0 aliphatic heterocycles. The van der Waals surface area contributed by atoms with Gasteiger partial charge < -0.3 is 4.74 Å². The van der Waals surface area contributed by atoms with Crippen LogP contribution in [0.3, 0.4) is 0 Å². The van der Waals surface area contributed by atoms with Gasteiger partial charge in [0, 0.05) is 6.20 Å². The zero-order valence-electron chi connectivity index (χ0n) is 15.2. The second kappa shape index (κ2) is 7.75. The SMILES string of the molecule is COc1nc(F)c(-c2ccn3ncc(I)c3n2)c(F)c1NS(=O)(=O)c1ccccc1. The highest BCUT2D eigenvalue weighted by Gasteiger charge is 2.27. The van der Waals surface area contributed by atoms with Crippen molar-refractivity contribution < 1.29 is 21.9 Å². The summed E-state index contributed by atoms with van der Waals surface area (Å²) in [7, 11) is -3.06. The summed E-state index contributed by atoms with van der Waals surface area (Å²) in [6, 6.07) is 8.69. The molecule has 3 heterocycles. The van der Waals surface area contributed by atoms with E-state index in [0.717, 1.165) is 7.11 Å². The maximum atomic E-state index is 15.4. The van der Waals surface area contributed by atoms with E-state index in [1.807, 2.05) is 22.6 Å². The molecular weight excluding hydrogens is 531 g/mol. The number of hydrogen-bond donors (Lipinski definition) is 1. The van der Waals surface area contributed by atoms with E-state index in [0.29, 0.717) is 9.22 Å². The number of aromatic nitrogens is 4. The Morgan fingerprint density at radius 1 is 1.13 bits per heavy atom. The van der Waals surface area contributed by atoms with Gasteiger partial charge in [0.05, 0.1) is 33.0 Å². The quantitative estimate of drug-likeness (QED) is 0.306. The van der Waals surface area contributed by atoms with Crippen molar-refractivity contribution in [1.29, 1.82) is 0 Å². The molecule has 0 radical (unpaired) electrons. The van der Waals surface area contributed by atoms with Gasteiger partial charge in [0.1, 0.15) is 5.69 Å². The third kappa shape index (κ3) is 3.56. The Morgan fingerprint density at radius 2 is 1.87 bits per heavy atom. The first-order chi connectivity index (χ1) is 14.3. The van der Waals surface area contributed by atoms with Crippen molar-refractivity contribution >= 4 is 43.9 Å². The van der Waals surface area contributed by atoms with Gasteiger partial charge in [-0.1, -0.05) is 18.2 Å². The van der Waals surface area contributed by atoms with Crippen molar-refractivity contribution in [3.8, 4) is 17.1 Å². The molecule has 0 fully saturated rings. The van der Waals surface area contributed by atoms with Gasteiger partial charge in [0.25, 0.3) is 10.0 Å². The standard InChI is InChI=1S/C18H12F2IN5O3S/c1-29-18-15(25-30(27,28)10-5-3-2-4-6-10)14(19)13(16(20)24-18)12-7-8-26-17(23-12)11(21)9-22-26/h2-9,25H,1H3. The van der Waals surface area contributed by atoms with Crippen LogP contribution in [0.15, 0.2) is 53.7 Å².